The molecular weight excluding hydrogens is 277 g/mol. The number of rotatable bonds is 2. The number of likely N-dealkylation sites (tertiary alicyclic amines) is 1. The van der Waals surface area contributed by atoms with Crippen LogP contribution in [0.1, 0.15) is 23.2 Å². The molecule has 96 valence electrons. The van der Waals surface area contributed by atoms with Gasteiger partial charge in [-0.3, -0.25) is 9.59 Å². The standard InChI is InChI=1S/C11H11Cl2N3O2/c12-8-4-3-6(9(13)15-8)11(18)16-5-1-2-7(16)10(14)17/h3-4,7H,1-2,5H2,(H2,14,17). The van der Waals surface area contributed by atoms with Gasteiger partial charge < -0.3 is 10.6 Å². The van der Waals surface area contributed by atoms with E-state index >= 15 is 0 Å². The molecule has 2 amide bonds. The molecule has 1 aliphatic rings. The first kappa shape index (κ1) is 13.1. The number of carbonyl (C=O) groups excluding carboxylic acids is 2. The molecule has 1 unspecified atom stereocenters. The highest BCUT2D eigenvalue weighted by atomic mass is 35.5. The quantitative estimate of drug-likeness (QED) is 0.837. The van der Waals surface area contributed by atoms with Gasteiger partial charge in [0.25, 0.3) is 5.91 Å². The van der Waals surface area contributed by atoms with Crippen LogP contribution in [0.2, 0.25) is 10.3 Å². The zero-order chi connectivity index (χ0) is 13.3. The number of primary amides is 1. The number of hydrogen-bond donors (Lipinski definition) is 1. The lowest BCUT2D eigenvalue weighted by atomic mass is 10.2. The third kappa shape index (κ3) is 2.42. The maximum atomic E-state index is 12.2. The number of nitrogens with zero attached hydrogens (tertiary/aromatic N) is 2. The SMILES string of the molecule is NC(=O)C1CCCN1C(=O)c1ccc(Cl)nc1Cl. The van der Waals surface area contributed by atoms with Gasteiger partial charge in [0, 0.05) is 6.54 Å². The summed E-state index contributed by atoms with van der Waals surface area (Å²) in [6.45, 7) is 0.491. The van der Waals surface area contributed by atoms with Crippen LogP contribution in [0.4, 0.5) is 0 Å². The lowest BCUT2D eigenvalue weighted by Gasteiger charge is -2.22. The smallest absolute Gasteiger partial charge is 0.257 e. The second-order valence-corrected chi connectivity index (χ2v) is 4.78. The van der Waals surface area contributed by atoms with Crippen LogP contribution >= 0.6 is 23.2 Å². The molecule has 2 rings (SSSR count). The first-order chi connectivity index (χ1) is 8.50. The van der Waals surface area contributed by atoms with Gasteiger partial charge in [0.15, 0.2) is 0 Å². The monoisotopic (exact) mass is 287 g/mol. The van der Waals surface area contributed by atoms with Gasteiger partial charge in [-0.25, -0.2) is 4.98 Å². The van der Waals surface area contributed by atoms with Crippen LogP contribution in [0.3, 0.4) is 0 Å². The Morgan fingerprint density at radius 3 is 2.72 bits per heavy atom. The molecule has 1 atom stereocenters. The van der Waals surface area contributed by atoms with Crippen molar-refractivity contribution >= 4 is 35.0 Å². The van der Waals surface area contributed by atoms with E-state index in [-0.39, 0.29) is 21.8 Å². The number of aromatic nitrogens is 1. The van der Waals surface area contributed by atoms with E-state index in [1.54, 1.807) is 0 Å². The average molecular weight is 288 g/mol. The van der Waals surface area contributed by atoms with Crippen molar-refractivity contribution in [3.63, 3.8) is 0 Å². The second kappa shape index (κ2) is 5.12. The van der Waals surface area contributed by atoms with E-state index in [4.69, 9.17) is 28.9 Å². The van der Waals surface area contributed by atoms with Crippen molar-refractivity contribution in [2.75, 3.05) is 6.54 Å². The Hall–Kier alpha value is -1.33. The minimum Gasteiger partial charge on any atom is -0.368 e. The minimum absolute atomic E-state index is 0.0302. The van der Waals surface area contributed by atoms with Crippen molar-refractivity contribution in [2.45, 2.75) is 18.9 Å². The fraction of sp³-hybridized carbons (Fsp3) is 0.364. The molecule has 0 radical (unpaired) electrons. The van der Waals surface area contributed by atoms with E-state index < -0.39 is 11.9 Å². The molecule has 18 heavy (non-hydrogen) atoms. The molecule has 1 aromatic rings. The fourth-order valence-electron chi connectivity index (χ4n) is 2.03. The molecule has 1 saturated heterocycles. The molecule has 7 heteroatoms. The Kier molecular flexibility index (Phi) is 3.73. The highest BCUT2D eigenvalue weighted by molar-refractivity contribution is 6.34. The number of hydrogen-bond acceptors (Lipinski definition) is 3. The topological polar surface area (TPSA) is 76.3 Å². The van der Waals surface area contributed by atoms with Crippen LogP contribution in [0, 0.1) is 0 Å². The van der Waals surface area contributed by atoms with Gasteiger partial charge in [-0.2, -0.15) is 0 Å². The summed E-state index contributed by atoms with van der Waals surface area (Å²) in [5.41, 5.74) is 5.49. The van der Waals surface area contributed by atoms with Gasteiger partial charge in [0.2, 0.25) is 5.91 Å². The molecule has 5 nitrogen and oxygen atoms in total. The molecule has 2 heterocycles. The van der Waals surface area contributed by atoms with E-state index in [9.17, 15) is 9.59 Å². The Morgan fingerprint density at radius 2 is 2.11 bits per heavy atom. The third-order valence-corrected chi connectivity index (χ3v) is 3.39. The maximum absolute atomic E-state index is 12.2. The minimum atomic E-state index is -0.566. The molecule has 1 aromatic heterocycles. The maximum Gasteiger partial charge on any atom is 0.257 e. The van der Waals surface area contributed by atoms with Gasteiger partial charge in [-0.05, 0) is 25.0 Å². The Bertz CT molecular complexity index is 507. The van der Waals surface area contributed by atoms with E-state index in [1.165, 1.54) is 17.0 Å². The zero-order valence-electron chi connectivity index (χ0n) is 9.40. The summed E-state index contributed by atoms with van der Waals surface area (Å²) in [6, 6.07) is 2.41. The fourth-order valence-corrected chi connectivity index (χ4v) is 2.46. The van der Waals surface area contributed by atoms with E-state index in [2.05, 4.69) is 4.98 Å². The molecule has 0 saturated carbocycles. The summed E-state index contributed by atoms with van der Waals surface area (Å²) >= 11 is 11.5. The van der Waals surface area contributed by atoms with E-state index in [0.29, 0.717) is 13.0 Å². The first-order valence-corrected chi connectivity index (χ1v) is 6.18. The normalized spacial score (nSPS) is 19.0. The number of amides is 2. The van der Waals surface area contributed by atoms with Crippen LogP contribution in [0.15, 0.2) is 12.1 Å². The largest absolute Gasteiger partial charge is 0.368 e. The van der Waals surface area contributed by atoms with Gasteiger partial charge in [-0.15, -0.1) is 0 Å². The molecule has 0 bridgehead atoms. The van der Waals surface area contributed by atoms with Gasteiger partial charge in [0.1, 0.15) is 16.3 Å². The lowest BCUT2D eigenvalue weighted by molar-refractivity contribution is -0.121. The zero-order valence-corrected chi connectivity index (χ0v) is 10.9. The van der Waals surface area contributed by atoms with Crippen LogP contribution in [-0.4, -0.2) is 34.3 Å². The van der Waals surface area contributed by atoms with Crippen molar-refractivity contribution in [3.8, 4) is 0 Å². The highest BCUT2D eigenvalue weighted by Crippen LogP contribution is 2.23. The van der Waals surface area contributed by atoms with Crippen molar-refractivity contribution in [1.29, 1.82) is 0 Å². The summed E-state index contributed by atoms with van der Waals surface area (Å²) in [5, 5.41) is 0.243. The third-order valence-electron chi connectivity index (χ3n) is 2.89. The van der Waals surface area contributed by atoms with E-state index in [0.717, 1.165) is 6.42 Å². The van der Waals surface area contributed by atoms with Gasteiger partial charge >= 0.3 is 0 Å². The van der Waals surface area contributed by atoms with Crippen molar-refractivity contribution in [2.24, 2.45) is 5.73 Å². The number of halogens is 2. The summed E-state index contributed by atoms with van der Waals surface area (Å²) < 4.78 is 0. The number of pyridine rings is 1. The van der Waals surface area contributed by atoms with Crippen LogP contribution in [0.25, 0.3) is 0 Å². The molecule has 0 aliphatic carbocycles. The lowest BCUT2D eigenvalue weighted by Crippen LogP contribution is -2.43. The van der Waals surface area contributed by atoms with Crippen molar-refractivity contribution < 1.29 is 9.59 Å². The summed E-state index contributed by atoms with van der Waals surface area (Å²) in [5.74, 6) is -0.843. The molecule has 1 fully saturated rings. The summed E-state index contributed by atoms with van der Waals surface area (Å²) in [6.07, 6.45) is 1.33. The molecule has 1 aliphatic heterocycles. The number of carbonyl (C=O) groups is 2. The molecule has 2 N–H and O–H groups in total. The number of nitrogens with two attached hydrogens (primary N) is 1. The predicted octanol–water partition coefficient (Wildman–Crippen LogP) is 1.48. The van der Waals surface area contributed by atoms with Crippen molar-refractivity contribution in [3.05, 3.63) is 28.0 Å². The summed E-state index contributed by atoms with van der Waals surface area (Å²) in [7, 11) is 0. The van der Waals surface area contributed by atoms with Gasteiger partial charge in [0.05, 0.1) is 5.56 Å². The predicted molar refractivity (Wildman–Crippen MR) is 67.5 cm³/mol. The summed E-state index contributed by atoms with van der Waals surface area (Å²) in [4.78, 5) is 28.7. The van der Waals surface area contributed by atoms with E-state index in [1.807, 2.05) is 0 Å². The van der Waals surface area contributed by atoms with Crippen LogP contribution in [-0.2, 0) is 4.79 Å². The molecule has 0 aromatic carbocycles. The molecular formula is C11H11Cl2N3O2. The Labute approximate surface area is 114 Å². The van der Waals surface area contributed by atoms with Gasteiger partial charge in [-0.1, -0.05) is 23.2 Å². The van der Waals surface area contributed by atoms with Crippen LogP contribution < -0.4 is 5.73 Å². The Balaban J connectivity index is 2.28. The average Bonchev–Trinajstić information content (AvgIpc) is 2.77. The van der Waals surface area contributed by atoms with Crippen LogP contribution in [0.5, 0.6) is 0 Å². The first-order valence-electron chi connectivity index (χ1n) is 5.43. The second-order valence-electron chi connectivity index (χ2n) is 4.03. The molecule has 0 spiro atoms. The Morgan fingerprint density at radius 1 is 1.39 bits per heavy atom. The highest BCUT2D eigenvalue weighted by Gasteiger charge is 2.34. The van der Waals surface area contributed by atoms with Crippen molar-refractivity contribution in [1.82, 2.24) is 9.88 Å².